The number of benzene rings is 2. The molecule has 2 unspecified atom stereocenters. The van der Waals surface area contributed by atoms with Gasteiger partial charge in [-0.2, -0.15) is 0 Å². The van der Waals surface area contributed by atoms with Crippen LogP contribution in [0.25, 0.3) is 0 Å². The van der Waals surface area contributed by atoms with E-state index in [2.05, 4.69) is 11.4 Å². The van der Waals surface area contributed by atoms with Gasteiger partial charge in [0.15, 0.2) is 0 Å². The van der Waals surface area contributed by atoms with Crippen LogP contribution in [0, 0.1) is 5.92 Å². The molecule has 148 valence electrons. The van der Waals surface area contributed by atoms with Crippen molar-refractivity contribution in [3.8, 4) is 0 Å². The minimum atomic E-state index is -0.456. The maximum Gasteiger partial charge on any atom is 0.243 e. The Morgan fingerprint density at radius 2 is 1.82 bits per heavy atom. The van der Waals surface area contributed by atoms with Crippen molar-refractivity contribution in [2.24, 2.45) is 5.92 Å². The summed E-state index contributed by atoms with van der Waals surface area (Å²) in [5.74, 6) is -0.118. The summed E-state index contributed by atoms with van der Waals surface area (Å²) in [6.07, 6.45) is 2.06. The average Bonchev–Trinajstić information content (AvgIpc) is 2.73. The number of amides is 2. The molecular weight excluding hydrogens is 350 g/mol. The molecule has 0 bridgehead atoms. The van der Waals surface area contributed by atoms with Crippen LogP contribution in [0.4, 0.5) is 5.69 Å². The molecule has 1 aliphatic heterocycles. The first-order valence-corrected chi connectivity index (χ1v) is 9.99. The molecule has 2 aromatic carbocycles. The molecule has 1 heterocycles. The van der Waals surface area contributed by atoms with Crippen LogP contribution in [0.3, 0.4) is 0 Å². The van der Waals surface area contributed by atoms with Crippen molar-refractivity contribution in [2.75, 3.05) is 12.3 Å². The predicted molar refractivity (Wildman–Crippen MR) is 112 cm³/mol. The number of hydrogen-bond acceptors (Lipinski definition) is 3. The van der Waals surface area contributed by atoms with Gasteiger partial charge in [0, 0.05) is 31.1 Å². The Morgan fingerprint density at radius 1 is 1.14 bits per heavy atom. The fourth-order valence-corrected chi connectivity index (χ4v) is 3.58. The molecule has 5 heteroatoms. The third-order valence-corrected chi connectivity index (χ3v) is 5.56. The maximum absolute atomic E-state index is 13.0. The fourth-order valence-electron chi connectivity index (χ4n) is 3.58. The van der Waals surface area contributed by atoms with Gasteiger partial charge in [-0.15, -0.1) is 0 Å². The van der Waals surface area contributed by atoms with Gasteiger partial charge >= 0.3 is 0 Å². The smallest absolute Gasteiger partial charge is 0.243 e. The fraction of sp³-hybridized carbons (Fsp3) is 0.391. The van der Waals surface area contributed by atoms with E-state index in [4.69, 9.17) is 5.73 Å². The Labute approximate surface area is 166 Å². The summed E-state index contributed by atoms with van der Waals surface area (Å²) in [5, 5.41) is 3.02. The lowest BCUT2D eigenvalue weighted by molar-refractivity contribution is -0.144. The van der Waals surface area contributed by atoms with Gasteiger partial charge in [0.05, 0.1) is 0 Å². The van der Waals surface area contributed by atoms with Gasteiger partial charge in [-0.05, 0) is 41.7 Å². The molecule has 1 aliphatic rings. The second-order valence-corrected chi connectivity index (χ2v) is 7.55. The van der Waals surface area contributed by atoms with Gasteiger partial charge in [0.2, 0.25) is 11.8 Å². The number of hydrogen-bond donors (Lipinski definition) is 2. The Balaban J connectivity index is 1.69. The van der Waals surface area contributed by atoms with Crippen LogP contribution in [0.15, 0.2) is 48.5 Å². The Kier molecular flexibility index (Phi) is 6.34. The second kappa shape index (κ2) is 8.91. The van der Waals surface area contributed by atoms with E-state index in [-0.39, 0.29) is 17.7 Å². The van der Waals surface area contributed by atoms with Gasteiger partial charge in [-0.3, -0.25) is 9.59 Å². The first-order chi connectivity index (χ1) is 13.5. The van der Waals surface area contributed by atoms with Gasteiger partial charge in [-0.25, -0.2) is 0 Å². The van der Waals surface area contributed by atoms with E-state index in [1.807, 2.05) is 56.3 Å². The number of fused-ring (bicyclic) bond motifs is 1. The number of anilines is 1. The molecule has 2 atom stereocenters. The third-order valence-electron chi connectivity index (χ3n) is 5.56. The van der Waals surface area contributed by atoms with Gasteiger partial charge < -0.3 is 16.0 Å². The molecule has 28 heavy (non-hydrogen) atoms. The minimum Gasteiger partial charge on any atom is -0.399 e. The molecule has 0 radical (unpaired) electrons. The van der Waals surface area contributed by atoms with Crippen LogP contribution in [0.1, 0.15) is 37.0 Å². The van der Waals surface area contributed by atoms with Crippen molar-refractivity contribution in [3.63, 3.8) is 0 Å². The zero-order chi connectivity index (χ0) is 20.1. The second-order valence-electron chi connectivity index (χ2n) is 7.55. The summed E-state index contributed by atoms with van der Waals surface area (Å²) in [7, 11) is 0. The monoisotopic (exact) mass is 379 g/mol. The molecular formula is C23H29N3O2. The van der Waals surface area contributed by atoms with E-state index in [0.29, 0.717) is 19.5 Å². The molecule has 3 N–H and O–H groups in total. The molecule has 0 aromatic heterocycles. The topological polar surface area (TPSA) is 75.4 Å². The highest BCUT2D eigenvalue weighted by Crippen LogP contribution is 2.25. The standard InChI is InChI=1S/C23H29N3O2/c1-3-16(2)23(28)26-15-19-7-5-4-6-18(19)14-21(26)22(27)25-13-12-17-8-10-20(24)11-9-17/h4-11,16,21H,3,12-15,24H2,1-2H3,(H,25,27). The Hall–Kier alpha value is -2.82. The zero-order valence-corrected chi connectivity index (χ0v) is 16.7. The number of nitrogens with zero attached hydrogens (tertiary/aromatic N) is 1. The predicted octanol–water partition coefficient (Wildman–Crippen LogP) is 2.93. The largest absolute Gasteiger partial charge is 0.399 e. The average molecular weight is 380 g/mol. The van der Waals surface area contributed by atoms with Crippen LogP contribution < -0.4 is 11.1 Å². The lowest BCUT2D eigenvalue weighted by Gasteiger charge is -2.37. The van der Waals surface area contributed by atoms with Crippen molar-refractivity contribution in [2.45, 2.75) is 45.7 Å². The highest BCUT2D eigenvalue weighted by Gasteiger charge is 2.35. The highest BCUT2D eigenvalue weighted by atomic mass is 16.2. The van der Waals surface area contributed by atoms with Crippen molar-refractivity contribution in [3.05, 3.63) is 65.2 Å². The van der Waals surface area contributed by atoms with E-state index in [9.17, 15) is 9.59 Å². The zero-order valence-electron chi connectivity index (χ0n) is 16.7. The van der Waals surface area contributed by atoms with E-state index >= 15 is 0 Å². The van der Waals surface area contributed by atoms with E-state index in [0.717, 1.165) is 35.2 Å². The van der Waals surface area contributed by atoms with Crippen molar-refractivity contribution < 1.29 is 9.59 Å². The summed E-state index contributed by atoms with van der Waals surface area (Å²) < 4.78 is 0. The molecule has 5 nitrogen and oxygen atoms in total. The number of carbonyl (C=O) groups excluding carboxylic acids is 2. The van der Waals surface area contributed by atoms with Crippen LogP contribution in [0.5, 0.6) is 0 Å². The van der Waals surface area contributed by atoms with Crippen molar-refractivity contribution in [1.82, 2.24) is 10.2 Å². The Bertz CT molecular complexity index is 832. The Morgan fingerprint density at radius 3 is 2.50 bits per heavy atom. The summed E-state index contributed by atoms with van der Waals surface area (Å²) >= 11 is 0. The summed E-state index contributed by atoms with van der Waals surface area (Å²) in [6, 6.07) is 15.3. The van der Waals surface area contributed by atoms with E-state index in [1.54, 1.807) is 4.90 Å². The molecule has 0 saturated carbocycles. The maximum atomic E-state index is 13.0. The van der Waals surface area contributed by atoms with Crippen LogP contribution in [-0.4, -0.2) is 29.3 Å². The van der Waals surface area contributed by atoms with Crippen LogP contribution >= 0.6 is 0 Å². The number of nitrogens with one attached hydrogen (secondary N) is 1. The molecule has 0 saturated heterocycles. The van der Waals surface area contributed by atoms with Gasteiger partial charge in [0.25, 0.3) is 0 Å². The molecule has 2 amide bonds. The van der Waals surface area contributed by atoms with Crippen LogP contribution in [0.2, 0.25) is 0 Å². The SMILES string of the molecule is CCC(C)C(=O)N1Cc2ccccc2CC1C(=O)NCCc1ccc(N)cc1. The van der Waals surface area contributed by atoms with Crippen molar-refractivity contribution in [1.29, 1.82) is 0 Å². The number of carbonyl (C=O) groups is 2. The first-order valence-electron chi connectivity index (χ1n) is 9.99. The number of nitrogen functional groups attached to an aromatic ring is 1. The minimum absolute atomic E-state index is 0.0516. The molecule has 0 fully saturated rings. The molecule has 2 aromatic rings. The van der Waals surface area contributed by atoms with E-state index in [1.165, 1.54) is 0 Å². The van der Waals surface area contributed by atoms with Gasteiger partial charge in [-0.1, -0.05) is 50.2 Å². The highest BCUT2D eigenvalue weighted by molar-refractivity contribution is 5.89. The summed E-state index contributed by atoms with van der Waals surface area (Å²) in [6.45, 7) is 4.96. The normalized spacial score (nSPS) is 16.9. The molecule has 0 aliphatic carbocycles. The third kappa shape index (κ3) is 4.53. The lowest BCUT2D eigenvalue weighted by atomic mass is 9.92. The van der Waals surface area contributed by atoms with Crippen LogP contribution in [-0.2, 0) is 29.0 Å². The molecule has 0 spiro atoms. The summed E-state index contributed by atoms with van der Waals surface area (Å²) in [4.78, 5) is 27.6. The number of nitrogens with two attached hydrogens (primary N) is 1. The molecule has 3 rings (SSSR count). The number of rotatable bonds is 6. The summed E-state index contributed by atoms with van der Waals surface area (Å²) in [5.41, 5.74) is 9.84. The first kappa shape index (κ1) is 19.9. The quantitative estimate of drug-likeness (QED) is 0.758. The van der Waals surface area contributed by atoms with Gasteiger partial charge in [0.1, 0.15) is 6.04 Å². The van der Waals surface area contributed by atoms with Crippen molar-refractivity contribution >= 4 is 17.5 Å². The van der Waals surface area contributed by atoms with E-state index < -0.39 is 6.04 Å². The lowest BCUT2D eigenvalue weighted by Crippen LogP contribution is -2.54.